The summed E-state index contributed by atoms with van der Waals surface area (Å²) < 4.78 is 27.3. The van der Waals surface area contributed by atoms with Crippen LogP contribution in [0.2, 0.25) is 0 Å². The lowest BCUT2D eigenvalue weighted by molar-refractivity contribution is 0.00434. The minimum absolute atomic E-state index is 0.520. The second-order valence-corrected chi connectivity index (χ2v) is 4.01. The fourth-order valence-corrected chi connectivity index (χ4v) is 1.63. The molecular formula is C14H20O5. The summed E-state index contributed by atoms with van der Waals surface area (Å²) in [7, 11) is 0. The predicted octanol–water partition coefficient (Wildman–Crippen LogP) is 1.51. The Kier molecular flexibility index (Phi) is 6.49. The van der Waals surface area contributed by atoms with Crippen LogP contribution in [0.5, 0.6) is 11.5 Å². The Morgan fingerprint density at radius 1 is 0.579 bits per heavy atom. The molecule has 1 aliphatic heterocycles. The van der Waals surface area contributed by atoms with Crippen molar-refractivity contribution in [3.05, 3.63) is 24.3 Å². The molecule has 0 atom stereocenters. The van der Waals surface area contributed by atoms with E-state index in [-0.39, 0.29) is 0 Å². The Bertz CT molecular complexity index is 326. The van der Waals surface area contributed by atoms with Crippen LogP contribution in [0.15, 0.2) is 24.3 Å². The number of benzene rings is 1. The van der Waals surface area contributed by atoms with Crippen molar-refractivity contribution in [3.8, 4) is 11.5 Å². The van der Waals surface area contributed by atoms with Gasteiger partial charge < -0.3 is 23.7 Å². The summed E-state index contributed by atoms with van der Waals surface area (Å²) in [4.78, 5) is 0. The van der Waals surface area contributed by atoms with Crippen LogP contribution in [-0.2, 0) is 14.2 Å². The Morgan fingerprint density at radius 3 is 1.47 bits per heavy atom. The molecule has 0 unspecified atom stereocenters. The molecule has 106 valence electrons. The van der Waals surface area contributed by atoms with Gasteiger partial charge in [-0.15, -0.1) is 0 Å². The van der Waals surface area contributed by atoms with Crippen molar-refractivity contribution < 1.29 is 23.7 Å². The second-order valence-electron chi connectivity index (χ2n) is 4.01. The average Bonchev–Trinajstić information content (AvgIpc) is 2.43. The van der Waals surface area contributed by atoms with Gasteiger partial charge in [-0.3, -0.25) is 0 Å². The molecule has 1 heterocycles. The van der Waals surface area contributed by atoms with E-state index in [0.717, 1.165) is 11.5 Å². The van der Waals surface area contributed by atoms with Gasteiger partial charge >= 0.3 is 0 Å². The summed E-state index contributed by atoms with van der Waals surface area (Å²) >= 11 is 0. The molecule has 0 saturated carbocycles. The summed E-state index contributed by atoms with van der Waals surface area (Å²) in [5.74, 6) is 1.57. The standard InChI is InChI=1S/C14H20O5/c1-2-13-12-14(3-1)19-11-9-17-7-5-15-4-6-16-8-10-18-13/h1-3,12H,4-11H2. The molecule has 19 heavy (non-hydrogen) atoms. The van der Waals surface area contributed by atoms with Crippen molar-refractivity contribution in [2.45, 2.75) is 0 Å². The Morgan fingerprint density at radius 2 is 1.00 bits per heavy atom. The zero-order valence-electron chi connectivity index (χ0n) is 11.0. The molecule has 5 heteroatoms. The van der Waals surface area contributed by atoms with Gasteiger partial charge in [0.25, 0.3) is 0 Å². The maximum Gasteiger partial charge on any atom is 0.123 e. The van der Waals surface area contributed by atoms with E-state index >= 15 is 0 Å². The highest BCUT2D eigenvalue weighted by molar-refractivity contribution is 5.32. The summed E-state index contributed by atoms with van der Waals surface area (Å²) in [5.41, 5.74) is 0. The van der Waals surface area contributed by atoms with E-state index in [0.29, 0.717) is 52.9 Å². The third-order valence-corrected chi connectivity index (χ3v) is 2.54. The van der Waals surface area contributed by atoms with E-state index in [2.05, 4.69) is 0 Å². The summed E-state index contributed by atoms with van der Waals surface area (Å²) in [5, 5.41) is 0. The zero-order chi connectivity index (χ0) is 13.2. The van der Waals surface area contributed by atoms with Crippen LogP contribution in [0.4, 0.5) is 0 Å². The molecule has 1 aromatic carbocycles. The SMILES string of the molecule is c1cc2cc(c1)OCCOCCOCCOCCO2. The first-order valence-corrected chi connectivity index (χ1v) is 6.54. The van der Waals surface area contributed by atoms with Crippen LogP contribution < -0.4 is 9.47 Å². The van der Waals surface area contributed by atoms with Crippen molar-refractivity contribution in [1.29, 1.82) is 0 Å². The number of ether oxygens (including phenoxy) is 5. The normalized spacial score (nSPS) is 19.2. The van der Waals surface area contributed by atoms with Crippen molar-refractivity contribution in [2.75, 3.05) is 52.9 Å². The summed E-state index contributed by atoms with van der Waals surface area (Å²) in [6, 6.07) is 7.57. The van der Waals surface area contributed by atoms with Gasteiger partial charge in [-0.2, -0.15) is 0 Å². The fourth-order valence-electron chi connectivity index (χ4n) is 1.63. The van der Waals surface area contributed by atoms with E-state index in [1.54, 1.807) is 0 Å². The maximum absolute atomic E-state index is 5.57. The average molecular weight is 268 g/mol. The molecule has 0 radical (unpaired) electrons. The zero-order valence-corrected chi connectivity index (χ0v) is 11.0. The van der Waals surface area contributed by atoms with Crippen LogP contribution in [0, 0.1) is 0 Å². The lowest BCUT2D eigenvalue weighted by Crippen LogP contribution is -2.14. The van der Waals surface area contributed by atoms with Gasteiger partial charge in [0.15, 0.2) is 0 Å². The molecule has 5 nitrogen and oxygen atoms in total. The summed E-state index contributed by atoms with van der Waals surface area (Å²) in [6.07, 6.45) is 0. The van der Waals surface area contributed by atoms with Crippen LogP contribution in [-0.4, -0.2) is 52.9 Å². The largest absolute Gasteiger partial charge is 0.491 e. The number of hydrogen-bond donors (Lipinski definition) is 0. The second kappa shape index (κ2) is 8.74. The lowest BCUT2D eigenvalue weighted by atomic mass is 10.3. The molecule has 2 bridgehead atoms. The first kappa shape index (κ1) is 14.1. The molecule has 0 amide bonds. The highest BCUT2D eigenvalue weighted by Crippen LogP contribution is 2.19. The Labute approximate surface area is 113 Å². The van der Waals surface area contributed by atoms with Crippen LogP contribution in [0.3, 0.4) is 0 Å². The Balaban J connectivity index is 1.84. The van der Waals surface area contributed by atoms with E-state index in [1.165, 1.54) is 0 Å². The van der Waals surface area contributed by atoms with Gasteiger partial charge in [-0.25, -0.2) is 0 Å². The topological polar surface area (TPSA) is 46.2 Å². The third kappa shape index (κ3) is 5.92. The van der Waals surface area contributed by atoms with E-state index in [4.69, 9.17) is 23.7 Å². The number of hydrogen-bond acceptors (Lipinski definition) is 5. The highest BCUT2D eigenvalue weighted by Gasteiger charge is 2.00. The molecule has 0 saturated heterocycles. The van der Waals surface area contributed by atoms with Gasteiger partial charge in [0.2, 0.25) is 0 Å². The molecule has 0 spiro atoms. The van der Waals surface area contributed by atoms with E-state index < -0.39 is 0 Å². The van der Waals surface area contributed by atoms with Gasteiger partial charge in [0, 0.05) is 6.07 Å². The molecule has 2 rings (SSSR count). The van der Waals surface area contributed by atoms with Crippen molar-refractivity contribution >= 4 is 0 Å². The maximum atomic E-state index is 5.57. The van der Waals surface area contributed by atoms with Crippen molar-refractivity contribution in [1.82, 2.24) is 0 Å². The first-order chi connectivity index (χ1) is 9.45. The molecule has 0 aliphatic carbocycles. The van der Waals surface area contributed by atoms with Crippen LogP contribution >= 0.6 is 0 Å². The van der Waals surface area contributed by atoms with Gasteiger partial charge in [0.05, 0.1) is 39.6 Å². The molecule has 0 N–H and O–H groups in total. The minimum atomic E-state index is 0.520. The first-order valence-electron chi connectivity index (χ1n) is 6.54. The van der Waals surface area contributed by atoms with Crippen LogP contribution in [0.1, 0.15) is 0 Å². The van der Waals surface area contributed by atoms with Crippen molar-refractivity contribution in [2.24, 2.45) is 0 Å². The smallest absolute Gasteiger partial charge is 0.123 e. The van der Waals surface area contributed by atoms with Gasteiger partial charge in [-0.1, -0.05) is 6.07 Å². The Hall–Kier alpha value is -1.30. The molecule has 0 fully saturated rings. The predicted molar refractivity (Wildman–Crippen MR) is 69.9 cm³/mol. The van der Waals surface area contributed by atoms with Crippen molar-refractivity contribution in [3.63, 3.8) is 0 Å². The molecule has 1 aliphatic rings. The lowest BCUT2D eigenvalue weighted by Gasteiger charge is -2.11. The third-order valence-electron chi connectivity index (χ3n) is 2.54. The minimum Gasteiger partial charge on any atom is -0.491 e. The monoisotopic (exact) mass is 268 g/mol. The fraction of sp³-hybridized carbons (Fsp3) is 0.571. The van der Waals surface area contributed by atoms with Gasteiger partial charge in [0.1, 0.15) is 24.7 Å². The van der Waals surface area contributed by atoms with E-state index in [9.17, 15) is 0 Å². The molecule has 0 aromatic heterocycles. The quantitative estimate of drug-likeness (QED) is 0.713. The van der Waals surface area contributed by atoms with Gasteiger partial charge in [-0.05, 0) is 12.1 Å². The molecule has 1 aromatic rings. The molecular weight excluding hydrogens is 248 g/mol. The number of rotatable bonds is 0. The van der Waals surface area contributed by atoms with E-state index in [1.807, 2.05) is 24.3 Å². The summed E-state index contributed by atoms with van der Waals surface area (Å²) in [6.45, 7) is 4.44. The number of fused-ring (bicyclic) bond motifs is 2. The highest BCUT2D eigenvalue weighted by atomic mass is 16.6. The van der Waals surface area contributed by atoms with Crippen LogP contribution in [0.25, 0.3) is 0 Å².